The van der Waals surface area contributed by atoms with E-state index in [1.807, 2.05) is 4.90 Å². The number of hydrogen-bond donors (Lipinski definition) is 1. The van der Waals surface area contributed by atoms with E-state index in [0.717, 1.165) is 18.4 Å². The van der Waals surface area contributed by atoms with E-state index in [2.05, 4.69) is 30.1 Å². The zero-order chi connectivity index (χ0) is 20.4. The minimum atomic E-state index is -0.747. The monoisotopic (exact) mass is 392 g/mol. The van der Waals surface area contributed by atoms with E-state index in [1.165, 1.54) is 22.2 Å². The lowest BCUT2D eigenvalue weighted by molar-refractivity contribution is 0.0763. The van der Waals surface area contributed by atoms with Crippen molar-refractivity contribution in [3.8, 4) is 5.75 Å². The van der Waals surface area contributed by atoms with Gasteiger partial charge in [0.15, 0.2) is 0 Å². The van der Waals surface area contributed by atoms with Gasteiger partial charge in [0, 0.05) is 41.7 Å². The quantitative estimate of drug-likeness (QED) is 0.534. The molecule has 6 heteroatoms. The van der Waals surface area contributed by atoms with Gasteiger partial charge >= 0.3 is 6.16 Å². The summed E-state index contributed by atoms with van der Waals surface area (Å²) in [5.74, 6) is 0.339. The Balaban J connectivity index is 1.46. The van der Waals surface area contributed by atoms with Crippen molar-refractivity contribution in [1.29, 1.82) is 0 Å². The number of ether oxygens (including phenoxy) is 2. The smallest absolute Gasteiger partial charge is 0.434 e. The lowest BCUT2D eigenvalue weighted by Gasteiger charge is -2.20. The van der Waals surface area contributed by atoms with Crippen molar-refractivity contribution in [3.05, 3.63) is 64.8 Å². The van der Waals surface area contributed by atoms with Crippen LogP contribution in [0.3, 0.4) is 0 Å². The number of rotatable bonds is 3. The molecule has 150 valence electrons. The number of benzene rings is 2. The molecular formula is C23H24N2O4. The van der Waals surface area contributed by atoms with E-state index in [1.54, 1.807) is 31.2 Å². The number of carbonyl (C=O) groups is 2. The van der Waals surface area contributed by atoms with Crippen molar-refractivity contribution in [3.63, 3.8) is 0 Å². The first-order chi connectivity index (χ1) is 14.0. The van der Waals surface area contributed by atoms with Crippen LogP contribution in [0.25, 0.3) is 10.9 Å². The molecule has 0 bridgehead atoms. The average molecular weight is 392 g/mol. The maximum Gasteiger partial charge on any atom is 0.513 e. The van der Waals surface area contributed by atoms with Gasteiger partial charge in [0.1, 0.15) is 5.75 Å². The number of aryl methyl sites for hydroxylation is 1. The molecular weight excluding hydrogens is 368 g/mol. The predicted octanol–water partition coefficient (Wildman–Crippen LogP) is 4.25. The molecule has 2 heterocycles. The largest absolute Gasteiger partial charge is 0.513 e. The molecule has 1 aliphatic rings. The molecule has 2 aromatic carbocycles. The summed E-state index contributed by atoms with van der Waals surface area (Å²) in [6.07, 6.45) is 0.885. The second-order valence-corrected chi connectivity index (χ2v) is 7.23. The Hall–Kier alpha value is -3.28. The summed E-state index contributed by atoms with van der Waals surface area (Å²) in [6.45, 7) is 5.40. The molecule has 0 aliphatic carbocycles. The lowest BCUT2D eigenvalue weighted by Crippen LogP contribution is -2.33. The summed E-state index contributed by atoms with van der Waals surface area (Å²) in [5.41, 5.74) is 5.52. The normalized spacial score (nSPS) is 13.7. The third-order valence-corrected chi connectivity index (χ3v) is 5.27. The van der Waals surface area contributed by atoms with E-state index in [0.29, 0.717) is 24.4 Å². The highest BCUT2D eigenvalue weighted by atomic mass is 16.7. The third-order valence-electron chi connectivity index (χ3n) is 5.27. The summed E-state index contributed by atoms with van der Waals surface area (Å²) < 4.78 is 9.80. The van der Waals surface area contributed by atoms with Gasteiger partial charge in [-0.1, -0.05) is 11.6 Å². The topological polar surface area (TPSA) is 71.6 Å². The molecule has 0 fully saturated rings. The van der Waals surface area contributed by atoms with Crippen molar-refractivity contribution in [2.24, 2.45) is 0 Å². The molecule has 0 saturated heterocycles. The zero-order valence-corrected chi connectivity index (χ0v) is 16.7. The van der Waals surface area contributed by atoms with Crippen molar-refractivity contribution < 1.29 is 19.1 Å². The first-order valence-corrected chi connectivity index (χ1v) is 9.89. The summed E-state index contributed by atoms with van der Waals surface area (Å²) in [6, 6.07) is 13.0. The minimum absolute atomic E-state index is 0.0154. The van der Waals surface area contributed by atoms with Gasteiger partial charge in [-0.2, -0.15) is 0 Å². The van der Waals surface area contributed by atoms with Crippen molar-refractivity contribution in [1.82, 2.24) is 9.88 Å². The molecule has 1 aliphatic heterocycles. The number of nitrogens with one attached hydrogen (secondary N) is 1. The molecule has 0 atom stereocenters. The Labute approximate surface area is 169 Å². The Morgan fingerprint density at radius 3 is 2.59 bits per heavy atom. The number of aromatic nitrogens is 1. The standard InChI is InChI=1S/C23H24N2O4/c1-3-28-23(27)29-17-7-5-16(6-8-17)22(26)25-12-10-18-19-14-15(2)4-9-20(19)24-21(18)11-13-25/h4-9,14,24H,3,10-13H2,1-2H3. The molecule has 0 spiro atoms. The van der Waals surface area contributed by atoms with Crippen LogP contribution in [0.2, 0.25) is 0 Å². The zero-order valence-electron chi connectivity index (χ0n) is 16.7. The van der Waals surface area contributed by atoms with Crippen LogP contribution in [0.4, 0.5) is 4.79 Å². The Kier molecular flexibility index (Phi) is 5.25. The molecule has 0 saturated carbocycles. The van der Waals surface area contributed by atoms with E-state index < -0.39 is 6.16 Å². The van der Waals surface area contributed by atoms with Crippen LogP contribution in [0, 0.1) is 6.92 Å². The first kappa shape index (κ1) is 19.1. The maximum atomic E-state index is 13.0. The van der Waals surface area contributed by atoms with Gasteiger partial charge in [0.05, 0.1) is 6.61 Å². The van der Waals surface area contributed by atoms with E-state index in [4.69, 9.17) is 9.47 Å². The fourth-order valence-corrected chi connectivity index (χ4v) is 3.82. The van der Waals surface area contributed by atoms with Crippen LogP contribution in [-0.4, -0.2) is 41.6 Å². The Morgan fingerprint density at radius 2 is 1.83 bits per heavy atom. The number of aromatic amines is 1. The average Bonchev–Trinajstić information content (AvgIpc) is 2.91. The van der Waals surface area contributed by atoms with E-state index in [-0.39, 0.29) is 12.5 Å². The molecule has 1 N–H and O–H groups in total. The van der Waals surface area contributed by atoms with Crippen LogP contribution in [0.15, 0.2) is 42.5 Å². The highest BCUT2D eigenvalue weighted by Crippen LogP contribution is 2.27. The van der Waals surface area contributed by atoms with Gasteiger partial charge in [-0.05, 0) is 62.2 Å². The van der Waals surface area contributed by atoms with Gasteiger partial charge in [0.25, 0.3) is 5.91 Å². The van der Waals surface area contributed by atoms with Gasteiger partial charge < -0.3 is 19.4 Å². The van der Waals surface area contributed by atoms with Crippen LogP contribution in [0.5, 0.6) is 5.75 Å². The molecule has 29 heavy (non-hydrogen) atoms. The number of H-pyrrole nitrogens is 1. The van der Waals surface area contributed by atoms with Gasteiger partial charge in [-0.3, -0.25) is 4.79 Å². The molecule has 4 rings (SSSR count). The second kappa shape index (κ2) is 7.99. The van der Waals surface area contributed by atoms with Crippen LogP contribution < -0.4 is 4.74 Å². The van der Waals surface area contributed by atoms with Crippen LogP contribution in [0.1, 0.15) is 34.1 Å². The van der Waals surface area contributed by atoms with E-state index in [9.17, 15) is 9.59 Å². The van der Waals surface area contributed by atoms with Crippen LogP contribution in [-0.2, 0) is 17.6 Å². The maximum absolute atomic E-state index is 13.0. The van der Waals surface area contributed by atoms with E-state index >= 15 is 0 Å². The number of nitrogens with zero attached hydrogens (tertiary/aromatic N) is 1. The SMILES string of the molecule is CCOC(=O)Oc1ccc(C(=O)N2CCc3[nH]c4ccc(C)cc4c3CC2)cc1. The molecule has 6 nitrogen and oxygen atoms in total. The third kappa shape index (κ3) is 3.97. The molecule has 3 aromatic rings. The highest BCUT2D eigenvalue weighted by molar-refractivity contribution is 5.94. The fraction of sp³-hybridized carbons (Fsp3) is 0.304. The molecule has 1 amide bonds. The number of fused-ring (bicyclic) bond motifs is 3. The number of hydrogen-bond acceptors (Lipinski definition) is 4. The Morgan fingerprint density at radius 1 is 1.07 bits per heavy atom. The molecule has 0 unspecified atom stereocenters. The van der Waals surface area contributed by atoms with Gasteiger partial charge in [0.2, 0.25) is 0 Å². The predicted molar refractivity (Wildman–Crippen MR) is 110 cm³/mol. The number of carbonyl (C=O) groups excluding carboxylic acids is 2. The summed E-state index contributed by atoms with van der Waals surface area (Å²) >= 11 is 0. The lowest BCUT2D eigenvalue weighted by atomic mass is 10.1. The van der Waals surface area contributed by atoms with Gasteiger partial charge in [-0.25, -0.2) is 4.79 Å². The minimum Gasteiger partial charge on any atom is -0.434 e. The second-order valence-electron chi connectivity index (χ2n) is 7.23. The fourth-order valence-electron chi connectivity index (χ4n) is 3.82. The molecule has 0 radical (unpaired) electrons. The summed E-state index contributed by atoms with van der Waals surface area (Å²) in [5, 5.41) is 1.26. The van der Waals surface area contributed by atoms with Crippen molar-refractivity contribution >= 4 is 23.0 Å². The highest BCUT2D eigenvalue weighted by Gasteiger charge is 2.22. The summed E-state index contributed by atoms with van der Waals surface area (Å²) in [7, 11) is 0. The first-order valence-electron chi connectivity index (χ1n) is 9.89. The van der Waals surface area contributed by atoms with Crippen LogP contribution >= 0.6 is 0 Å². The van der Waals surface area contributed by atoms with Crippen molar-refractivity contribution in [2.75, 3.05) is 19.7 Å². The Bertz CT molecular complexity index is 1050. The molecule has 1 aromatic heterocycles. The number of amides is 1. The van der Waals surface area contributed by atoms with Gasteiger partial charge in [-0.15, -0.1) is 0 Å². The van der Waals surface area contributed by atoms with Crippen molar-refractivity contribution in [2.45, 2.75) is 26.7 Å². The summed E-state index contributed by atoms with van der Waals surface area (Å²) in [4.78, 5) is 29.8.